The van der Waals surface area contributed by atoms with E-state index in [9.17, 15) is 19.2 Å². The van der Waals surface area contributed by atoms with Gasteiger partial charge in [-0.3, -0.25) is 0 Å². The topological polar surface area (TPSA) is 124 Å². The van der Waals surface area contributed by atoms with Crippen LogP contribution in [0.3, 0.4) is 0 Å². The van der Waals surface area contributed by atoms with E-state index in [1.165, 1.54) is 25.7 Å². The van der Waals surface area contributed by atoms with Crippen LogP contribution in [-0.4, -0.2) is 50.3 Å². The summed E-state index contributed by atoms with van der Waals surface area (Å²) in [5.74, 6) is 0.249. The molecular weight excluding hydrogens is 737 g/mol. The van der Waals surface area contributed by atoms with Crippen LogP contribution >= 0.6 is 0 Å². The first-order valence-corrected chi connectivity index (χ1v) is 20.8. The first kappa shape index (κ1) is 45.1. The first-order chi connectivity index (χ1) is 28.4. The van der Waals surface area contributed by atoms with Crippen LogP contribution in [0.2, 0.25) is 0 Å². The van der Waals surface area contributed by atoms with Crippen molar-refractivity contribution in [3.63, 3.8) is 0 Å². The first-order valence-electron chi connectivity index (χ1n) is 20.8. The Bertz CT molecular complexity index is 1660. The van der Waals surface area contributed by atoms with Gasteiger partial charge in [0, 0.05) is 0 Å². The van der Waals surface area contributed by atoms with Crippen LogP contribution in [0.15, 0.2) is 97.1 Å². The van der Waals surface area contributed by atoms with Crippen LogP contribution in [0.5, 0.6) is 23.0 Å². The average molecular weight is 795 g/mol. The summed E-state index contributed by atoms with van der Waals surface area (Å²) in [4.78, 5) is 50.1. The molecule has 0 spiro atoms. The van der Waals surface area contributed by atoms with Gasteiger partial charge in [-0.2, -0.15) is 0 Å². The largest absolute Gasteiger partial charge is 0.494 e. The Labute approximate surface area is 343 Å². The molecular formula is C48H58O10. The molecule has 0 radical (unpaired) electrons. The van der Waals surface area contributed by atoms with Crippen molar-refractivity contribution in [2.24, 2.45) is 0 Å². The average Bonchev–Trinajstić information content (AvgIpc) is 3.25. The van der Waals surface area contributed by atoms with Gasteiger partial charge in [-0.05, 0) is 123 Å². The fourth-order valence-electron chi connectivity index (χ4n) is 5.87. The lowest BCUT2D eigenvalue weighted by molar-refractivity contribution is 0.0484. The van der Waals surface area contributed by atoms with Crippen molar-refractivity contribution in [3.8, 4) is 23.0 Å². The Morgan fingerprint density at radius 1 is 0.328 bits per heavy atom. The van der Waals surface area contributed by atoms with Crippen molar-refractivity contribution in [2.45, 2.75) is 104 Å². The van der Waals surface area contributed by atoms with Crippen molar-refractivity contribution in [3.05, 3.63) is 119 Å². The Kier molecular flexibility index (Phi) is 20.4. The zero-order valence-electron chi connectivity index (χ0n) is 34.0. The highest BCUT2D eigenvalue weighted by Crippen LogP contribution is 2.20. The van der Waals surface area contributed by atoms with Crippen LogP contribution in [0.25, 0.3) is 0 Å². The molecule has 10 nitrogen and oxygen atoms in total. The predicted octanol–water partition coefficient (Wildman–Crippen LogP) is 11.4. The number of unbranched alkanes of at least 4 members (excludes halogenated alkanes) is 11. The molecule has 0 N–H and O–H groups in total. The highest BCUT2D eigenvalue weighted by Gasteiger charge is 2.13. The minimum atomic E-state index is -0.494. The second kappa shape index (κ2) is 26.3. The third kappa shape index (κ3) is 16.8. The van der Waals surface area contributed by atoms with E-state index in [-0.39, 0.29) is 0 Å². The molecule has 0 heterocycles. The summed E-state index contributed by atoms with van der Waals surface area (Å²) >= 11 is 0. The van der Waals surface area contributed by atoms with Gasteiger partial charge in [0.2, 0.25) is 0 Å². The van der Waals surface area contributed by atoms with Crippen LogP contribution in [0, 0.1) is 0 Å². The number of rotatable bonds is 27. The molecule has 0 amide bonds. The van der Waals surface area contributed by atoms with Gasteiger partial charge in [0.05, 0.1) is 48.7 Å². The van der Waals surface area contributed by atoms with Crippen molar-refractivity contribution in [1.29, 1.82) is 0 Å². The van der Waals surface area contributed by atoms with E-state index >= 15 is 0 Å². The molecule has 0 aromatic heterocycles. The van der Waals surface area contributed by atoms with Crippen molar-refractivity contribution < 1.29 is 47.6 Å². The van der Waals surface area contributed by atoms with Gasteiger partial charge in [-0.25, -0.2) is 19.2 Å². The summed E-state index contributed by atoms with van der Waals surface area (Å²) < 4.78 is 33.2. The van der Waals surface area contributed by atoms with E-state index in [0.717, 1.165) is 64.2 Å². The number of esters is 4. The molecule has 0 aliphatic heterocycles. The lowest BCUT2D eigenvalue weighted by Crippen LogP contribution is -2.09. The maximum Gasteiger partial charge on any atom is 0.343 e. The molecule has 0 fully saturated rings. The highest BCUT2D eigenvalue weighted by molar-refractivity contribution is 5.93. The summed E-state index contributed by atoms with van der Waals surface area (Å²) in [5.41, 5.74) is 1.57. The molecule has 0 unspecified atom stereocenters. The molecule has 58 heavy (non-hydrogen) atoms. The zero-order chi connectivity index (χ0) is 41.2. The van der Waals surface area contributed by atoms with Crippen molar-refractivity contribution in [2.75, 3.05) is 26.4 Å². The molecule has 310 valence electrons. The SMILES string of the molecule is CCCCCCOc1ccc(C(=O)Oc2ccc(C(=O)OCCCCCCCCOC(=O)c3ccc(OC(=O)c4ccc(OCCCCCC)cc4)cc3)cc2)cc1. The fourth-order valence-corrected chi connectivity index (χ4v) is 5.87. The van der Waals surface area contributed by atoms with Gasteiger partial charge in [0.1, 0.15) is 23.0 Å². The number of carbonyl (C=O) groups is 4. The molecule has 0 bridgehead atoms. The van der Waals surface area contributed by atoms with Crippen molar-refractivity contribution in [1.82, 2.24) is 0 Å². The third-order valence-electron chi connectivity index (χ3n) is 9.32. The van der Waals surface area contributed by atoms with E-state index < -0.39 is 23.9 Å². The predicted molar refractivity (Wildman–Crippen MR) is 223 cm³/mol. The van der Waals surface area contributed by atoms with Gasteiger partial charge >= 0.3 is 23.9 Å². The molecule has 0 atom stereocenters. The zero-order valence-corrected chi connectivity index (χ0v) is 34.0. The fraction of sp³-hybridized carbons (Fsp3) is 0.417. The minimum Gasteiger partial charge on any atom is -0.494 e. The quantitative estimate of drug-likeness (QED) is 0.0327. The summed E-state index contributed by atoms with van der Waals surface area (Å²) in [6, 6.07) is 26.3. The number of benzene rings is 4. The molecule has 0 aliphatic rings. The summed E-state index contributed by atoms with van der Waals surface area (Å²) in [6.07, 6.45) is 14.3. The smallest absolute Gasteiger partial charge is 0.343 e. The summed E-state index contributed by atoms with van der Waals surface area (Å²) in [5, 5.41) is 0. The number of hydrogen-bond acceptors (Lipinski definition) is 10. The van der Waals surface area contributed by atoms with E-state index in [0.29, 0.717) is 71.7 Å². The highest BCUT2D eigenvalue weighted by atomic mass is 16.5. The normalized spacial score (nSPS) is 10.7. The Balaban J connectivity index is 1.01. The Hall–Kier alpha value is -5.64. The molecule has 0 saturated heterocycles. The summed E-state index contributed by atoms with van der Waals surface area (Å²) in [6.45, 7) is 6.26. The van der Waals surface area contributed by atoms with Gasteiger partial charge < -0.3 is 28.4 Å². The van der Waals surface area contributed by atoms with E-state index in [1.54, 1.807) is 97.1 Å². The molecule has 4 rings (SSSR count). The number of ether oxygens (including phenoxy) is 6. The van der Waals surface area contributed by atoms with Crippen molar-refractivity contribution >= 4 is 23.9 Å². The summed E-state index contributed by atoms with van der Waals surface area (Å²) in [7, 11) is 0. The molecule has 0 aliphatic carbocycles. The van der Waals surface area contributed by atoms with Gasteiger partial charge in [-0.15, -0.1) is 0 Å². The lowest BCUT2D eigenvalue weighted by Gasteiger charge is -2.09. The second-order valence-corrected chi connectivity index (χ2v) is 14.1. The monoisotopic (exact) mass is 794 g/mol. The lowest BCUT2D eigenvalue weighted by atomic mass is 10.1. The molecule has 10 heteroatoms. The molecule has 4 aromatic rings. The van der Waals surface area contributed by atoms with Crippen LogP contribution in [-0.2, 0) is 9.47 Å². The van der Waals surface area contributed by atoms with Gasteiger partial charge in [0.25, 0.3) is 0 Å². The Morgan fingerprint density at radius 2 is 0.603 bits per heavy atom. The maximum absolute atomic E-state index is 12.6. The maximum atomic E-state index is 12.6. The molecule has 4 aromatic carbocycles. The van der Waals surface area contributed by atoms with Gasteiger partial charge in [0.15, 0.2) is 0 Å². The van der Waals surface area contributed by atoms with Gasteiger partial charge in [-0.1, -0.05) is 78.1 Å². The van der Waals surface area contributed by atoms with Crippen LogP contribution in [0.1, 0.15) is 145 Å². The minimum absolute atomic E-state index is 0.311. The van der Waals surface area contributed by atoms with Crippen LogP contribution in [0.4, 0.5) is 0 Å². The third-order valence-corrected chi connectivity index (χ3v) is 9.32. The number of carbonyl (C=O) groups excluding carboxylic acids is 4. The van der Waals surface area contributed by atoms with E-state index in [4.69, 9.17) is 28.4 Å². The Morgan fingerprint density at radius 3 is 0.948 bits per heavy atom. The second-order valence-electron chi connectivity index (χ2n) is 14.1. The van der Waals surface area contributed by atoms with E-state index in [2.05, 4.69) is 13.8 Å². The standard InChI is InChI=1S/C48H58O10/c1-3-5-7-13-33-53-41-25-17-39(18-26-41)47(51)57-43-29-21-37(22-30-43)45(49)55-35-15-11-9-10-12-16-36-56-46(50)38-23-31-44(32-24-38)58-48(52)40-19-27-42(28-20-40)54-34-14-8-6-4-2/h17-32H,3-16,33-36H2,1-2H3. The molecule has 0 saturated carbocycles. The van der Waals surface area contributed by atoms with Crippen LogP contribution < -0.4 is 18.9 Å². The number of hydrogen-bond donors (Lipinski definition) is 0. The van der Waals surface area contributed by atoms with E-state index in [1.807, 2.05) is 0 Å².